The maximum atomic E-state index is 11.2. The summed E-state index contributed by atoms with van der Waals surface area (Å²) in [7, 11) is 0. The Morgan fingerprint density at radius 1 is 1.53 bits per heavy atom. The molecule has 0 amide bonds. The number of carbonyl (C=O) groups is 1. The molecule has 15 heavy (non-hydrogen) atoms. The molecule has 1 saturated carbocycles. The van der Waals surface area contributed by atoms with Gasteiger partial charge in [0, 0.05) is 0 Å². The van der Waals surface area contributed by atoms with Crippen LogP contribution in [0.15, 0.2) is 12.2 Å². The van der Waals surface area contributed by atoms with E-state index in [0.717, 1.165) is 6.42 Å². The quantitative estimate of drug-likeness (QED) is 0.538. The van der Waals surface area contributed by atoms with Crippen molar-refractivity contribution in [2.45, 2.75) is 19.8 Å². The summed E-state index contributed by atoms with van der Waals surface area (Å²) in [6, 6.07) is 0. The topological polar surface area (TPSA) is 66.4 Å². The Morgan fingerprint density at radius 2 is 2.20 bits per heavy atom. The molecule has 2 aliphatic rings. The van der Waals surface area contributed by atoms with Crippen molar-refractivity contribution in [2.75, 3.05) is 0 Å². The minimum Gasteiger partial charge on any atom is -0.740 e. The van der Waals surface area contributed by atoms with Crippen molar-refractivity contribution in [2.24, 2.45) is 23.7 Å². The zero-order chi connectivity index (χ0) is 11.0. The molecule has 5 atom stereocenters. The second-order valence-corrected chi connectivity index (χ2v) is 4.91. The molecule has 0 aromatic carbocycles. The predicted octanol–water partition coefficient (Wildman–Crippen LogP) is 1.17. The van der Waals surface area contributed by atoms with Gasteiger partial charge in [0.1, 0.15) is 11.4 Å². The molecule has 2 aliphatic carbocycles. The Morgan fingerprint density at radius 3 is 2.73 bits per heavy atom. The molecule has 5 heteroatoms. The van der Waals surface area contributed by atoms with Gasteiger partial charge in [-0.05, 0) is 30.1 Å². The average Bonchev–Trinajstić information content (AvgIpc) is 2.68. The standard InChI is InChI=1S/C10H14O4S/c1-6-7-2-3-8(4-7)9(6)5-10(11)14-15(12)13/h2-3,6-9H,4-5H2,1H3,(H,12,13)/p-1. The van der Waals surface area contributed by atoms with Gasteiger partial charge in [-0.3, -0.25) is 4.79 Å². The molecule has 84 valence electrons. The Hall–Kier alpha value is -0.680. The summed E-state index contributed by atoms with van der Waals surface area (Å²) in [6.45, 7) is 2.11. The van der Waals surface area contributed by atoms with Gasteiger partial charge >= 0.3 is 5.97 Å². The zero-order valence-corrected chi connectivity index (χ0v) is 9.24. The first-order chi connectivity index (χ1) is 7.08. The van der Waals surface area contributed by atoms with Crippen LogP contribution in [0.2, 0.25) is 0 Å². The number of rotatable bonds is 3. The fourth-order valence-electron chi connectivity index (χ4n) is 2.81. The molecule has 0 aliphatic heterocycles. The monoisotopic (exact) mass is 229 g/mol. The van der Waals surface area contributed by atoms with E-state index in [4.69, 9.17) is 0 Å². The molecule has 0 aromatic heterocycles. The van der Waals surface area contributed by atoms with Gasteiger partial charge in [-0.15, -0.1) is 0 Å². The van der Waals surface area contributed by atoms with E-state index in [-0.39, 0.29) is 12.3 Å². The predicted molar refractivity (Wildman–Crippen MR) is 53.0 cm³/mol. The summed E-state index contributed by atoms with van der Waals surface area (Å²) < 4.78 is 24.5. The third-order valence-corrected chi connectivity index (χ3v) is 3.94. The van der Waals surface area contributed by atoms with Crippen molar-refractivity contribution in [3.8, 4) is 0 Å². The minimum absolute atomic E-state index is 0.209. The largest absolute Gasteiger partial charge is 0.740 e. The number of fused-ring (bicyclic) bond motifs is 2. The lowest BCUT2D eigenvalue weighted by Gasteiger charge is -2.23. The molecule has 2 rings (SSSR count). The number of hydrogen-bond acceptors (Lipinski definition) is 4. The van der Waals surface area contributed by atoms with E-state index >= 15 is 0 Å². The van der Waals surface area contributed by atoms with Crippen LogP contribution < -0.4 is 0 Å². The average molecular weight is 229 g/mol. The minimum atomic E-state index is -2.73. The highest BCUT2D eigenvalue weighted by Gasteiger charge is 2.42. The second kappa shape index (κ2) is 4.06. The second-order valence-electron chi connectivity index (χ2n) is 4.33. The molecule has 4 nitrogen and oxygen atoms in total. The van der Waals surface area contributed by atoms with Gasteiger partial charge in [0.05, 0.1) is 6.42 Å². The Kier molecular flexibility index (Phi) is 2.93. The van der Waals surface area contributed by atoms with Crippen molar-refractivity contribution in [3.63, 3.8) is 0 Å². The molecule has 5 unspecified atom stereocenters. The molecule has 0 spiro atoms. The van der Waals surface area contributed by atoms with Crippen LogP contribution in [-0.2, 0) is 20.3 Å². The zero-order valence-electron chi connectivity index (χ0n) is 8.42. The third-order valence-electron chi connectivity index (χ3n) is 3.61. The van der Waals surface area contributed by atoms with Crippen molar-refractivity contribution < 1.29 is 17.7 Å². The lowest BCUT2D eigenvalue weighted by atomic mass is 9.82. The summed E-state index contributed by atoms with van der Waals surface area (Å²) in [6.07, 6.45) is 5.64. The molecule has 1 fully saturated rings. The fourth-order valence-corrected chi connectivity index (χ4v) is 3.03. The van der Waals surface area contributed by atoms with Gasteiger partial charge < -0.3 is 8.74 Å². The van der Waals surface area contributed by atoms with E-state index in [1.807, 2.05) is 0 Å². The molecule has 0 heterocycles. The van der Waals surface area contributed by atoms with Gasteiger partial charge in [0.15, 0.2) is 0 Å². The van der Waals surface area contributed by atoms with Gasteiger partial charge in [0.25, 0.3) is 0 Å². The summed E-state index contributed by atoms with van der Waals surface area (Å²) in [4.78, 5) is 11.2. The number of allylic oxidation sites excluding steroid dienone is 2. The number of carbonyl (C=O) groups excluding carboxylic acids is 1. The Labute approximate surface area is 91.2 Å². The van der Waals surface area contributed by atoms with Gasteiger partial charge in [-0.2, -0.15) is 0 Å². The van der Waals surface area contributed by atoms with E-state index in [0.29, 0.717) is 17.8 Å². The molecule has 2 bridgehead atoms. The summed E-state index contributed by atoms with van der Waals surface area (Å²) in [5.74, 6) is 1.05. The normalized spacial score (nSPS) is 39.3. The van der Waals surface area contributed by atoms with Crippen LogP contribution >= 0.6 is 0 Å². The van der Waals surface area contributed by atoms with Crippen molar-refractivity contribution in [3.05, 3.63) is 12.2 Å². The van der Waals surface area contributed by atoms with E-state index in [9.17, 15) is 13.6 Å². The molecular weight excluding hydrogens is 216 g/mol. The van der Waals surface area contributed by atoms with Crippen LogP contribution in [0, 0.1) is 23.7 Å². The maximum Gasteiger partial charge on any atom is 0.319 e. The lowest BCUT2D eigenvalue weighted by Crippen LogP contribution is -2.21. The summed E-state index contributed by atoms with van der Waals surface area (Å²) in [5.41, 5.74) is 0. The van der Waals surface area contributed by atoms with Crippen molar-refractivity contribution in [1.29, 1.82) is 0 Å². The van der Waals surface area contributed by atoms with Crippen LogP contribution in [0.1, 0.15) is 19.8 Å². The first-order valence-electron chi connectivity index (χ1n) is 5.06. The van der Waals surface area contributed by atoms with Crippen molar-refractivity contribution >= 4 is 17.3 Å². The van der Waals surface area contributed by atoms with Crippen LogP contribution in [-0.4, -0.2) is 14.7 Å². The van der Waals surface area contributed by atoms with Crippen LogP contribution in [0.4, 0.5) is 0 Å². The van der Waals surface area contributed by atoms with Crippen molar-refractivity contribution in [1.82, 2.24) is 0 Å². The first-order valence-corrected chi connectivity index (χ1v) is 6.06. The molecule has 0 N–H and O–H groups in total. The molecule has 0 aromatic rings. The van der Waals surface area contributed by atoms with Gasteiger partial charge in [-0.1, -0.05) is 19.1 Å². The number of hydrogen-bond donors (Lipinski definition) is 0. The maximum absolute atomic E-state index is 11.2. The van der Waals surface area contributed by atoms with E-state index < -0.39 is 17.3 Å². The van der Waals surface area contributed by atoms with E-state index in [1.54, 1.807) is 0 Å². The van der Waals surface area contributed by atoms with Crippen LogP contribution in [0.3, 0.4) is 0 Å². The summed E-state index contributed by atoms with van der Waals surface area (Å²) >= 11 is -2.73. The van der Waals surface area contributed by atoms with Gasteiger partial charge in [-0.25, -0.2) is 4.21 Å². The van der Waals surface area contributed by atoms with Crippen LogP contribution in [0.25, 0.3) is 0 Å². The molecule has 0 saturated heterocycles. The highest BCUT2D eigenvalue weighted by Crippen LogP contribution is 2.49. The van der Waals surface area contributed by atoms with Gasteiger partial charge in [0.2, 0.25) is 0 Å². The lowest BCUT2D eigenvalue weighted by molar-refractivity contribution is -0.135. The first kappa shape index (κ1) is 10.8. The highest BCUT2D eigenvalue weighted by atomic mass is 32.2. The summed E-state index contributed by atoms with van der Waals surface area (Å²) in [5, 5.41) is 0. The molecule has 0 radical (unpaired) electrons. The smallest absolute Gasteiger partial charge is 0.319 e. The fraction of sp³-hybridized carbons (Fsp3) is 0.700. The SMILES string of the molecule is CC1C2C=CC(C2)C1CC(=O)OS(=O)[O-]. The molecular formula is C10H13O4S-. The third kappa shape index (κ3) is 2.13. The Bertz CT molecular complexity index is 325. The van der Waals surface area contributed by atoms with E-state index in [2.05, 4.69) is 23.3 Å². The van der Waals surface area contributed by atoms with Crippen LogP contribution in [0.5, 0.6) is 0 Å². The highest BCUT2D eigenvalue weighted by molar-refractivity contribution is 7.74. The van der Waals surface area contributed by atoms with E-state index in [1.165, 1.54) is 0 Å². The Balaban J connectivity index is 1.93.